The van der Waals surface area contributed by atoms with E-state index in [1.165, 1.54) is 5.56 Å². The van der Waals surface area contributed by atoms with E-state index < -0.39 is 0 Å². The SMILES string of the molecule is ClC1=c2cc[nH]c2=CC(c2ccccc2)C1. The Hall–Kier alpha value is -1.47. The average molecular weight is 230 g/mol. The number of H-pyrrole nitrogens is 1. The maximum Gasteiger partial charge on any atom is 0.0431 e. The third-order valence-electron chi connectivity index (χ3n) is 3.07. The number of benzene rings is 1. The topological polar surface area (TPSA) is 15.8 Å². The fourth-order valence-corrected chi connectivity index (χ4v) is 2.57. The summed E-state index contributed by atoms with van der Waals surface area (Å²) in [5, 5.41) is 3.24. The minimum Gasteiger partial charge on any atom is -0.361 e. The van der Waals surface area contributed by atoms with E-state index in [4.69, 9.17) is 11.6 Å². The summed E-state index contributed by atoms with van der Waals surface area (Å²) in [5.41, 5.74) is 1.32. The first kappa shape index (κ1) is 9.73. The first-order valence-electron chi connectivity index (χ1n) is 5.43. The quantitative estimate of drug-likeness (QED) is 0.773. The van der Waals surface area contributed by atoms with Crippen molar-refractivity contribution in [3.8, 4) is 0 Å². The highest BCUT2D eigenvalue weighted by atomic mass is 35.5. The van der Waals surface area contributed by atoms with Crippen molar-refractivity contribution in [2.45, 2.75) is 12.3 Å². The monoisotopic (exact) mass is 229 g/mol. The molecule has 1 aromatic heterocycles. The van der Waals surface area contributed by atoms with Gasteiger partial charge in [-0.1, -0.05) is 48.0 Å². The van der Waals surface area contributed by atoms with Gasteiger partial charge in [0.05, 0.1) is 0 Å². The molecule has 0 fully saturated rings. The number of halogens is 1. The highest BCUT2D eigenvalue weighted by molar-refractivity contribution is 6.45. The first-order valence-corrected chi connectivity index (χ1v) is 5.81. The molecule has 3 rings (SSSR count). The van der Waals surface area contributed by atoms with Crippen LogP contribution in [0.2, 0.25) is 0 Å². The highest BCUT2D eigenvalue weighted by Gasteiger charge is 2.14. The third kappa shape index (κ3) is 1.57. The zero-order valence-electron chi connectivity index (χ0n) is 8.78. The molecule has 1 heterocycles. The molecule has 1 aliphatic carbocycles. The van der Waals surface area contributed by atoms with Crippen LogP contribution < -0.4 is 10.6 Å². The molecular weight excluding hydrogens is 218 g/mol. The van der Waals surface area contributed by atoms with Crippen LogP contribution in [0.5, 0.6) is 0 Å². The molecule has 1 aliphatic rings. The molecule has 1 nitrogen and oxygen atoms in total. The normalized spacial score (nSPS) is 19.1. The Morgan fingerprint density at radius 3 is 2.75 bits per heavy atom. The summed E-state index contributed by atoms with van der Waals surface area (Å²) in [5.74, 6) is 0.389. The molecule has 2 heteroatoms. The summed E-state index contributed by atoms with van der Waals surface area (Å²) in [6.45, 7) is 0. The number of rotatable bonds is 1. The minimum absolute atomic E-state index is 0.389. The second-order valence-corrected chi connectivity index (χ2v) is 4.55. The van der Waals surface area contributed by atoms with E-state index in [0.29, 0.717) is 5.92 Å². The van der Waals surface area contributed by atoms with E-state index in [9.17, 15) is 0 Å². The van der Waals surface area contributed by atoms with Gasteiger partial charge in [-0.2, -0.15) is 0 Å². The van der Waals surface area contributed by atoms with E-state index in [0.717, 1.165) is 22.0 Å². The van der Waals surface area contributed by atoms with Crippen molar-refractivity contribution in [3.05, 3.63) is 58.7 Å². The van der Waals surface area contributed by atoms with Gasteiger partial charge < -0.3 is 4.98 Å². The van der Waals surface area contributed by atoms with E-state index >= 15 is 0 Å². The van der Waals surface area contributed by atoms with Gasteiger partial charge in [-0.05, 0) is 18.1 Å². The zero-order chi connectivity index (χ0) is 11.0. The van der Waals surface area contributed by atoms with Gasteiger partial charge in [-0.25, -0.2) is 0 Å². The molecule has 0 saturated heterocycles. The van der Waals surface area contributed by atoms with E-state index in [1.807, 2.05) is 18.3 Å². The van der Waals surface area contributed by atoms with Gasteiger partial charge in [0.25, 0.3) is 0 Å². The molecule has 0 bridgehead atoms. The predicted octanol–water partition coefficient (Wildman–Crippen LogP) is 2.33. The van der Waals surface area contributed by atoms with Crippen molar-refractivity contribution in [1.82, 2.24) is 4.98 Å². The molecule has 0 spiro atoms. The van der Waals surface area contributed by atoms with E-state index in [2.05, 4.69) is 35.3 Å². The van der Waals surface area contributed by atoms with Crippen molar-refractivity contribution >= 4 is 22.7 Å². The minimum atomic E-state index is 0.389. The van der Waals surface area contributed by atoms with Gasteiger partial charge >= 0.3 is 0 Å². The zero-order valence-corrected chi connectivity index (χ0v) is 9.54. The third-order valence-corrected chi connectivity index (χ3v) is 3.42. The summed E-state index contributed by atoms with van der Waals surface area (Å²) >= 11 is 6.31. The van der Waals surface area contributed by atoms with Gasteiger partial charge in [-0.3, -0.25) is 0 Å². The molecule has 0 radical (unpaired) electrons. The number of fused-ring (bicyclic) bond motifs is 1. The van der Waals surface area contributed by atoms with Crippen LogP contribution in [0.25, 0.3) is 11.1 Å². The summed E-state index contributed by atoms with van der Waals surface area (Å²) in [4.78, 5) is 3.23. The van der Waals surface area contributed by atoms with Crippen LogP contribution in [0.1, 0.15) is 17.9 Å². The van der Waals surface area contributed by atoms with Crippen molar-refractivity contribution in [3.63, 3.8) is 0 Å². The molecule has 80 valence electrons. The lowest BCUT2D eigenvalue weighted by Crippen LogP contribution is -2.28. The molecule has 1 unspecified atom stereocenters. The Bertz CT molecular complexity index is 610. The maximum atomic E-state index is 6.31. The van der Waals surface area contributed by atoms with Crippen LogP contribution in [0.15, 0.2) is 42.6 Å². The predicted molar refractivity (Wildman–Crippen MR) is 67.6 cm³/mol. The van der Waals surface area contributed by atoms with Crippen molar-refractivity contribution in [2.75, 3.05) is 0 Å². The van der Waals surface area contributed by atoms with Crippen LogP contribution in [0, 0.1) is 0 Å². The lowest BCUT2D eigenvalue weighted by Gasteiger charge is -2.15. The van der Waals surface area contributed by atoms with Crippen molar-refractivity contribution in [1.29, 1.82) is 0 Å². The van der Waals surface area contributed by atoms with Crippen molar-refractivity contribution < 1.29 is 0 Å². The molecule has 1 N–H and O–H groups in total. The van der Waals surface area contributed by atoms with Gasteiger partial charge in [0.2, 0.25) is 0 Å². The van der Waals surface area contributed by atoms with E-state index in [1.54, 1.807) is 0 Å². The lowest BCUT2D eigenvalue weighted by molar-refractivity contribution is 0.909. The molecule has 2 aromatic rings. The van der Waals surface area contributed by atoms with E-state index in [-0.39, 0.29) is 0 Å². The lowest BCUT2D eigenvalue weighted by atomic mass is 9.92. The number of hydrogen-bond acceptors (Lipinski definition) is 0. The van der Waals surface area contributed by atoms with Gasteiger partial charge in [0.15, 0.2) is 0 Å². The molecule has 0 amide bonds. The Balaban J connectivity index is 2.11. The summed E-state index contributed by atoms with van der Waals surface area (Å²) in [7, 11) is 0. The maximum absolute atomic E-state index is 6.31. The van der Waals surface area contributed by atoms with Gasteiger partial charge in [0.1, 0.15) is 0 Å². The molecule has 1 atom stereocenters. The van der Waals surface area contributed by atoms with Crippen molar-refractivity contribution in [2.24, 2.45) is 0 Å². The second kappa shape index (κ2) is 3.84. The Kier molecular flexibility index (Phi) is 2.33. The fourth-order valence-electron chi connectivity index (χ4n) is 2.23. The molecule has 16 heavy (non-hydrogen) atoms. The standard InChI is InChI=1S/C14H12ClN/c15-13-8-11(10-4-2-1-3-5-10)9-14-12(13)6-7-16-14/h1-7,9,11,16H,8H2. The smallest absolute Gasteiger partial charge is 0.0431 e. The Morgan fingerprint density at radius 2 is 1.94 bits per heavy atom. The van der Waals surface area contributed by atoms with Crippen LogP contribution in [0.4, 0.5) is 0 Å². The van der Waals surface area contributed by atoms with Crippen LogP contribution >= 0.6 is 11.6 Å². The largest absolute Gasteiger partial charge is 0.361 e. The fraction of sp³-hybridized carbons (Fsp3) is 0.143. The molecule has 1 aromatic carbocycles. The van der Waals surface area contributed by atoms with Crippen LogP contribution in [-0.4, -0.2) is 4.98 Å². The molecule has 0 aliphatic heterocycles. The van der Waals surface area contributed by atoms with Gasteiger partial charge in [-0.15, -0.1) is 0 Å². The Morgan fingerprint density at radius 1 is 1.12 bits per heavy atom. The summed E-state index contributed by atoms with van der Waals surface area (Å²) in [6.07, 6.45) is 5.10. The van der Waals surface area contributed by atoms with Gasteiger partial charge in [0, 0.05) is 27.7 Å². The summed E-state index contributed by atoms with van der Waals surface area (Å²) < 4.78 is 0. The second-order valence-electron chi connectivity index (χ2n) is 4.10. The summed E-state index contributed by atoms with van der Waals surface area (Å²) in [6, 6.07) is 12.5. The number of nitrogens with one attached hydrogen (secondary N) is 1. The van der Waals surface area contributed by atoms with Crippen LogP contribution in [0.3, 0.4) is 0 Å². The molecular formula is C14H12ClN. The average Bonchev–Trinajstić information content (AvgIpc) is 2.79. The highest BCUT2D eigenvalue weighted by Crippen LogP contribution is 2.28. The number of hydrogen-bond donors (Lipinski definition) is 1. The number of aromatic nitrogens is 1. The number of aromatic amines is 1. The Labute approximate surface area is 99.1 Å². The molecule has 0 saturated carbocycles. The van der Waals surface area contributed by atoms with Crippen LogP contribution in [-0.2, 0) is 0 Å². The first-order chi connectivity index (χ1) is 7.84.